The van der Waals surface area contributed by atoms with Crippen molar-refractivity contribution in [3.05, 3.63) is 90.0 Å². The Morgan fingerprint density at radius 3 is 2.37 bits per heavy atom. The highest BCUT2D eigenvalue weighted by Gasteiger charge is 2.25. The van der Waals surface area contributed by atoms with Crippen LogP contribution in [0.4, 0.5) is 10.5 Å². The number of carbonyl (C=O) groups excluding carboxylic acids is 2. The number of nitrogens with one attached hydrogen (secondary N) is 3. The number of nitrogens with zero attached hydrogens (tertiary/aromatic N) is 1. The van der Waals surface area contributed by atoms with Gasteiger partial charge in [0.05, 0.1) is 12.2 Å². The number of ether oxygens (including phenoxy) is 1. The van der Waals surface area contributed by atoms with E-state index in [4.69, 9.17) is 9.84 Å². The van der Waals surface area contributed by atoms with Gasteiger partial charge in [0.15, 0.2) is 0 Å². The number of rotatable bonds is 13. The lowest BCUT2D eigenvalue weighted by Crippen LogP contribution is -2.42. The summed E-state index contributed by atoms with van der Waals surface area (Å²) in [6, 6.07) is 25.7. The van der Waals surface area contributed by atoms with Crippen LogP contribution in [0, 0.1) is 0 Å². The third kappa shape index (κ3) is 9.73. The molecule has 0 saturated carbocycles. The molecule has 9 nitrogen and oxygen atoms in total. The van der Waals surface area contributed by atoms with Crippen molar-refractivity contribution in [2.45, 2.75) is 38.3 Å². The summed E-state index contributed by atoms with van der Waals surface area (Å²) in [6.07, 6.45) is 1.67. The van der Waals surface area contributed by atoms with Gasteiger partial charge in [0.1, 0.15) is 6.10 Å². The second-order valence-electron chi connectivity index (χ2n) is 10.1. The van der Waals surface area contributed by atoms with Crippen molar-refractivity contribution in [2.24, 2.45) is 0 Å². The fraction of sp³-hybridized carbons (Fsp3) is 0.344. The molecule has 1 aliphatic heterocycles. The highest BCUT2D eigenvalue weighted by atomic mass is 16.6. The van der Waals surface area contributed by atoms with Crippen LogP contribution >= 0.6 is 0 Å². The lowest BCUT2D eigenvalue weighted by atomic mass is 10.0. The first-order valence-corrected chi connectivity index (χ1v) is 14.1. The fourth-order valence-electron chi connectivity index (χ4n) is 4.88. The molecule has 2 amide bonds. The first-order chi connectivity index (χ1) is 20.0. The number of hydrogen-bond donors (Lipinski definition) is 4. The topological polar surface area (TPSA) is 120 Å². The number of amides is 2. The van der Waals surface area contributed by atoms with Gasteiger partial charge in [-0.2, -0.15) is 0 Å². The molecule has 9 heteroatoms. The second kappa shape index (κ2) is 15.5. The minimum Gasteiger partial charge on any atom is -0.480 e. The smallest absolute Gasteiger partial charge is 0.411 e. The number of hydrogen-bond acceptors (Lipinski definition) is 6. The predicted molar refractivity (Wildman–Crippen MR) is 159 cm³/mol. The molecule has 3 aromatic rings. The lowest BCUT2D eigenvalue weighted by molar-refractivity contribution is -0.136. The number of piperidine rings is 1. The van der Waals surface area contributed by atoms with E-state index in [1.54, 1.807) is 0 Å². The summed E-state index contributed by atoms with van der Waals surface area (Å²) in [6.45, 7) is 2.92. The van der Waals surface area contributed by atoms with Gasteiger partial charge in [0.2, 0.25) is 5.91 Å². The summed E-state index contributed by atoms with van der Waals surface area (Å²) < 4.78 is 5.68. The van der Waals surface area contributed by atoms with E-state index in [0.717, 1.165) is 28.7 Å². The number of anilines is 1. The Balaban J connectivity index is 1.13. The summed E-state index contributed by atoms with van der Waals surface area (Å²) in [5.41, 5.74) is 4.90. The van der Waals surface area contributed by atoms with Crippen LogP contribution in [0.15, 0.2) is 78.9 Å². The molecule has 0 radical (unpaired) electrons. The maximum absolute atomic E-state index is 12.7. The lowest BCUT2D eigenvalue weighted by Gasteiger charge is -2.31. The van der Waals surface area contributed by atoms with Crippen LogP contribution in [0.1, 0.15) is 30.4 Å². The molecule has 0 bridgehead atoms. The number of carboxylic acids is 1. The quantitative estimate of drug-likeness (QED) is 0.231. The minimum atomic E-state index is -0.862. The van der Waals surface area contributed by atoms with Crippen molar-refractivity contribution >= 4 is 23.7 Å². The van der Waals surface area contributed by atoms with Gasteiger partial charge in [-0.3, -0.25) is 14.9 Å². The average molecular weight is 559 g/mol. The van der Waals surface area contributed by atoms with Crippen LogP contribution in [-0.4, -0.2) is 66.8 Å². The molecule has 3 aromatic carbocycles. The summed E-state index contributed by atoms with van der Waals surface area (Å²) in [7, 11) is 0. The van der Waals surface area contributed by atoms with Crippen molar-refractivity contribution in [3.8, 4) is 11.1 Å². The third-order valence-electron chi connectivity index (χ3n) is 7.02. The van der Waals surface area contributed by atoms with E-state index in [9.17, 15) is 14.4 Å². The van der Waals surface area contributed by atoms with Crippen molar-refractivity contribution in [2.75, 3.05) is 38.0 Å². The first kappa shape index (κ1) is 29.8. The minimum absolute atomic E-state index is 0.0421. The average Bonchev–Trinajstić information content (AvgIpc) is 2.99. The van der Waals surface area contributed by atoms with Crippen LogP contribution in [-0.2, 0) is 27.3 Å². The van der Waals surface area contributed by atoms with Crippen molar-refractivity contribution < 1.29 is 24.2 Å². The first-order valence-electron chi connectivity index (χ1n) is 14.1. The maximum Gasteiger partial charge on any atom is 0.411 e. The molecule has 4 N–H and O–H groups in total. The number of benzene rings is 3. The zero-order valence-electron chi connectivity index (χ0n) is 23.2. The highest BCUT2D eigenvalue weighted by Crippen LogP contribution is 2.28. The molecule has 0 unspecified atom stereocenters. The van der Waals surface area contributed by atoms with E-state index in [1.807, 2.05) is 77.7 Å². The van der Waals surface area contributed by atoms with Gasteiger partial charge in [-0.05, 0) is 35.7 Å². The zero-order valence-corrected chi connectivity index (χ0v) is 23.2. The van der Waals surface area contributed by atoms with Crippen molar-refractivity contribution in [3.63, 3.8) is 0 Å². The number of likely N-dealkylation sites (tertiary alicyclic amines) is 1. The van der Waals surface area contributed by atoms with Crippen molar-refractivity contribution in [1.82, 2.24) is 15.5 Å². The Morgan fingerprint density at radius 1 is 0.854 bits per heavy atom. The van der Waals surface area contributed by atoms with E-state index in [2.05, 4.69) is 22.0 Å². The molecule has 1 saturated heterocycles. The SMILES string of the molecule is O=C(O)CNCCc1cccc(CNCCC(=O)N2CCC(OC(=O)Nc3ccccc3-c3ccccc3)CC2)c1. The van der Waals surface area contributed by atoms with E-state index in [-0.39, 0.29) is 18.6 Å². The molecule has 0 aliphatic carbocycles. The van der Waals surface area contributed by atoms with Gasteiger partial charge >= 0.3 is 12.1 Å². The molecular formula is C32H38N4O5. The van der Waals surface area contributed by atoms with E-state index < -0.39 is 12.1 Å². The Hall–Kier alpha value is -4.21. The van der Waals surface area contributed by atoms with Gasteiger partial charge < -0.3 is 25.4 Å². The standard InChI is InChI=1S/C32H38N4O5/c37-30(14-18-33-22-25-8-6-7-24(21-25)13-17-34-23-31(38)39)36-19-15-27(16-20-36)41-32(40)35-29-12-5-4-11-28(29)26-9-2-1-3-10-26/h1-12,21,27,33-34H,13-20,22-23H2,(H,35,40)(H,38,39). The van der Waals surface area contributed by atoms with Crippen LogP contribution in [0.2, 0.25) is 0 Å². The van der Waals surface area contributed by atoms with Crippen molar-refractivity contribution in [1.29, 1.82) is 0 Å². The molecule has 1 fully saturated rings. The van der Waals surface area contributed by atoms with Gasteiger partial charge in [-0.1, -0.05) is 72.8 Å². The van der Waals surface area contributed by atoms with Crippen LogP contribution < -0.4 is 16.0 Å². The van der Waals surface area contributed by atoms with E-state index in [1.165, 1.54) is 0 Å². The summed E-state index contributed by atoms with van der Waals surface area (Å²) in [5, 5.41) is 17.8. The molecule has 1 aliphatic rings. The van der Waals surface area contributed by atoms with E-state index >= 15 is 0 Å². The van der Waals surface area contributed by atoms with Gasteiger partial charge in [0, 0.05) is 51.0 Å². The Labute approximate surface area is 240 Å². The number of aliphatic carboxylic acids is 1. The number of para-hydroxylation sites is 1. The monoisotopic (exact) mass is 558 g/mol. The largest absolute Gasteiger partial charge is 0.480 e. The second-order valence-corrected chi connectivity index (χ2v) is 10.1. The van der Waals surface area contributed by atoms with Crippen LogP contribution in [0.5, 0.6) is 0 Å². The molecule has 4 rings (SSSR count). The summed E-state index contributed by atoms with van der Waals surface area (Å²) in [4.78, 5) is 37.8. The number of carbonyl (C=O) groups is 3. The van der Waals surface area contributed by atoms with Crippen LogP contribution in [0.3, 0.4) is 0 Å². The van der Waals surface area contributed by atoms with Gasteiger partial charge in [-0.15, -0.1) is 0 Å². The Kier molecular flexibility index (Phi) is 11.3. The number of carboxylic acid groups (broad SMARTS) is 1. The molecule has 0 aromatic heterocycles. The Bertz CT molecular complexity index is 1290. The molecular weight excluding hydrogens is 520 g/mol. The van der Waals surface area contributed by atoms with Crippen LogP contribution in [0.25, 0.3) is 11.1 Å². The highest BCUT2D eigenvalue weighted by molar-refractivity contribution is 5.91. The fourth-order valence-corrected chi connectivity index (χ4v) is 4.88. The molecule has 0 spiro atoms. The molecule has 41 heavy (non-hydrogen) atoms. The normalized spacial score (nSPS) is 13.5. The maximum atomic E-state index is 12.7. The van der Waals surface area contributed by atoms with Gasteiger partial charge in [-0.25, -0.2) is 4.79 Å². The predicted octanol–water partition coefficient (Wildman–Crippen LogP) is 4.29. The Morgan fingerprint density at radius 2 is 1.59 bits per heavy atom. The van der Waals surface area contributed by atoms with Gasteiger partial charge in [0.25, 0.3) is 0 Å². The molecule has 1 heterocycles. The van der Waals surface area contributed by atoms with E-state index in [0.29, 0.717) is 57.7 Å². The molecule has 216 valence electrons. The molecule has 0 atom stereocenters. The summed E-state index contributed by atoms with van der Waals surface area (Å²) >= 11 is 0. The third-order valence-corrected chi connectivity index (χ3v) is 7.02. The summed E-state index contributed by atoms with van der Waals surface area (Å²) in [5.74, 6) is -0.769. The zero-order chi connectivity index (χ0) is 28.9.